The average Bonchev–Trinajstić information content (AvgIpc) is 2.82. The number of thioether (sulfide) groups is 1. The van der Waals surface area contributed by atoms with Crippen molar-refractivity contribution in [3.05, 3.63) is 29.8 Å². The SMILES string of the molecule is O=C(Cc1ccccc1O)NC1(C(=O)O)CCSC1. The standard InChI is InChI=1S/C13H15NO4S/c15-10-4-2-1-3-9(10)7-11(16)14-13(12(17)18)5-6-19-8-13/h1-4,15H,5-8H2,(H,14,16)(H,17,18). The van der Waals surface area contributed by atoms with Crippen molar-refractivity contribution in [3.63, 3.8) is 0 Å². The zero-order valence-electron chi connectivity index (χ0n) is 10.3. The molecule has 1 aromatic rings. The van der Waals surface area contributed by atoms with Crippen LogP contribution in [0.2, 0.25) is 0 Å². The van der Waals surface area contributed by atoms with Crippen molar-refractivity contribution in [3.8, 4) is 5.75 Å². The van der Waals surface area contributed by atoms with Gasteiger partial charge in [-0.25, -0.2) is 4.79 Å². The third-order valence-electron chi connectivity index (χ3n) is 3.15. The quantitative estimate of drug-likeness (QED) is 0.767. The molecule has 6 heteroatoms. The maximum Gasteiger partial charge on any atom is 0.330 e. The normalized spacial score (nSPS) is 22.1. The van der Waals surface area contributed by atoms with E-state index in [2.05, 4.69) is 5.32 Å². The number of phenols is 1. The second kappa shape index (κ2) is 5.52. The Morgan fingerprint density at radius 3 is 2.68 bits per heavy atom. The minimum absolute atomic E-state index is 0.0215. The third-order valence-corrected chi connectivity index (χ3v) is 4.34. The van der Waals surface area contributed by atoms with E-state index in [0.29, 0.717) is 17.7 Å². The highest BCUT2D eigenvalue weighted by molar-refractivity contribution is 7.99. The Balaban J connectivity index is 2.05. The van der Waals surface area contributed by atoms with Gasteiger partial charge in [0.25, 0.3) is 0 Å². The second-order valence-corrected chi connectivity index (χ2v) is 5.65. The van der Waals surface area contributed by atoms with Crippen molar-refractivity contribution in [1.29, 1.82) is 0 Å². The summed E-state index contributed by atoms with van der Waals surface area (Å²) in [5.74, 6) is -0.227. The first-order valence-corrected chi connectivity index (χ1v) is 7.08. The molecule has 3 N–H and O–H groups in total. The van der Waals surface area contributed by atoms with Gasteiger partial charge >= 0.3 is 5.97 Å². The van der Waals surface area contributed by atoms with Crippen LogP contribution in [0.15, 0.2) is 24.3 Å². The Labute approximate surface area is 115 Å². The second-order valence-electron chi connectivity index (χ2n) is 4.54. The lowest BCUT2D eigenvalue weighted by Gasteiger charge is -2.24. The van der Waals surface area contributed by atoms with Crippen LogP contribution in [0.1, 0.15) is 12.0 Å². The van der Waals surface area contributed by atoms with E-state index in [0.717, 1.165) is 5.75 Å². The van der Waals surface area contributed by atoms with Gasteiger partial charge in [0.05, 0.1) is 6.42 Å². The molecule has 0 radical (unpaired) electrons. The minimum atomic E-state index is -1.16. The number of phenolic OH excluding ortho intramolecular Hbond substituents is 1. The number of carboxylic acids is 1. The van der Waals surface area contributed by atoms with Crippen LogP contribution in [-0.2, 0) is 16.0 Å². The molecule has 102 valence electrons. The van der Waals surface area contributed by atoms with Crippen LogP contribution in [0.4, 0.5) is 0 Å². The Bertz CT molecular complexity index is 497. The molecule has 0 saturated carbocycles. The molecule has 0 spiro atoms. The number of hydrogen-bond donors (Lipinski definition) is 3. The smallest absolute Gasteiger partial charge is 0.330 e. The molecular weight excluding hydrogens is 266 g/mol. The first-order chi connectivity index (χ1) is 9.03. The lowest BCUT2D eigenvalue weighted by molar-refractivity contribution is -0.146. The average molecular weight is 281 g/mol. The van der Waals surface area contributed by atoms with Gasteiger partial charge in [0.1, 0.15) is 11.3 Å². The number of aliphatic carboxylic acids is 1. The number of hydrogen-bond acceptors (Lipinski definition) is 4. The van der Waals surface area contributed by atoms with Gasteiger partial charge in [-0.05, 0) is 18.2 Å². The van der Waals surface area contributed by atoms with Gasteiger partial charge in [0, 0.05) is 11.3 Å². The Morgan fingerprint density at radius 1 is 1.37 bits per heavy atom. The minimum Gasteiger partial charge on any atom is -0.508 e. The van der Waals surface area contributed by atoms with Crippen molar-refractivity contribution in [1.82, 2.24) is 5.32 Å². The molecule has 1 heterocycles. The fourth-order valence-electron chi connectivity index (χ4n) is 2.03. The first kappa shape index (κ1) is 13.7. The van der Waals surface area contributed by atoms with Gasteiger partial charge in [-0.3, -0.25) is 4.79 Å². The highest BCUT2D eigenvalue weighted by atomic mass is 32.2. The van der Waals surface area contributed by atoms with E-state index < -0.39 is 11.5 Å². The van der Waals surface area contributed by atoms with Crippen molar-refractivity contribution in [2.24, 2.45) is 0 Å². The van der Waals surface area contributed by atoms with Crippen LogP contribution >= 0.6 is 11.8 Å². The van der Waals surface area contributed by atoms with Crippen LogP contribution in [-0.4, -0.2) is 39.1 Å². The summed E-state index contributed by atoms with van der Waals surface area (Å²) in [6, 6.07) is 6.54. The molecule has 1 unspecified atom stereocenters. The van der Waals surface area contributed by atoms with Crippen LogP contribution in [0.3, 0.4) is 0 Å². The largest absolute Gasteiger partial charge is 0.508 e. The monoisotopic (exact) mass is 281 g/mol. The van der Waals surface area contributed by atoms with Gasteiger partial charge in [-0.1, -0.05) is 18.2 Å². The highest BCUT2D eigenvalue weighted by Gasteiger charge is 2.43. The van der Waals surface area contributed by atoms with E-state index in [1.807, 2.05) is 0 Å². The van der Waals surface area contributed by atoms with E-state index in [-0.39, 0.29) is 18.1 Å². The van der Waals surface area contributed by atoms with Gasteiger partial charge in [-0.15, -0.1) is 0 Å². The summed E-state index contributed by atoms with van der Waals surface area (Å²) in [6.45, 7) is 0. The van der Waals surface area contributed by atoms with E-state index in [4.69, 9.17) is 0 Å². The molecule has 0 aromatic heterocycles. The van der Waals surface area contributed by atoms with Crippen LogP contribution in [0, 0.1) is 0 Å². The van der Waals surface area contributed by atoms with E-state index in [1.165, 1.54) is 17.8 Å². The topological polar surface area (TPSA) is 86.6 Å². The fourth-order valence-corrected chi connectivity index (χ4v) is 3.36. The number of para-hydroxylation sites is 1. The summed E-state index contributed by atoms with van der Waals surface area (Å²) >= 11 is 1.52. The number of aromatic hydroxyl groups is 1. The number of rotatable bonds is 4. The predicted molar refractivity (Wildman–Crippen MR) is 72.3 cm³/mol. The number of carboxylic acid groups (broad SMARTS) is 1. The zero-order valence-corrected chi connectivity index (χ0v) is 11.1. The lowest BCUT2D eigenvalue weighted by Crippen LogP contribution is -2.55. The van der Waals surface area contributed by atoms with E-state index in [1.54, 1.807) is 18.2 Å². The molecule has 5 nitrogen and oxygen atoms in total. The predicted octanol–water partition coefficient (Wildman–Crippen LogP) is 1.01. The van der Waals surface area contributed by atoms with Crippen molar-refractivity contribution >= 4 is 23.6 Å². The lowest BCUT2D eigenvalue weighted by atomic mass is 9.98. The Hall–Kier alpha value is -1.69. The molecule has 2 rings (SSSR count). The molecule has 0 bridgehead atoms. The van der Waals surface area contributed by atoms with Crippen LogP contribution in [0.25, 0.3) is 0 Å². The molecule has 1 saturated heterocycles. The molecule has 1 fully saturated rings. The summed E-state index contributed by atoms with van der Waals surface area (Å²) < 4.78 is 0. The number of benzene rings is 1. The Morgan fingerprint density at radius 2 is 2.11 bits per heavy atom. The highest BCUT2D eigenvalue weighted by Crippen LogP contribution is 2.28. The molecule has 1 aromatic carbocycles. The van der Waals surface area contributed by atoms with Gasteiger partial charge in [-0.2, -0.15) is 11.8 Å². The summed E-state index contributed by atoms with van der Waals surface area (Å²) in [5.41, 5.74) is -0.669. The summed E-state index contributed by atoms with van der Waals surface area (Å²) in [7, 11) is 0. The summed E-state index contributed by atoms with van der Waals surface area (Å²) in [5, 5.41) is 21.4. The third kappa shape index (κ3) is 3.01. The Kier molecular flexibility index (Phi) is 3.99. The van der Waals surface area contributed by atoms with E-state index >= 15 is 0 Å². The molecule has 1 aliphatic heterocycles. The molecular formula is C13H15NO4S. The van der Waals surface area contributed by atoms with Crippen LogP contribution in [0.5, 0.6) is 5.75 Å². The van der Waals surface area contributed by atoms with Crippen molar-refractivity contribution in [2.75, 3.05) is 11.5 Å². The summed E-state index contributed by atoms with van der Waals surface area (Å²) in [6.07, 6.45) is 0.409. The number of nitrogens with one attached hydrogen (secondary N) is 1. The fraction of sp³-hybridized carbons (Fsp3) is 0.385. The molecule has 1 amide bonds. The molecule has 0 aliphatic carbocycles. The van der Waals surface area contributed by atoms with Gasteiger partial charge in [0.15, 0.2) is 0 Å². The number of amides is 1. The number of carbonyl (C=O) groups excluding carboxylic acids is 1. The van der Waals surface area contributed by atoms with Gasteiger partial charge < -0.3 is 15.5 Å². The summed E-state index contributed by atoms with van der Waals surface area (Å²) in [4.78, 5) is 23.2. The molecule has 1 atom stereocenters. The van der Waals surface area contributed by atoms with E-state index in [9.17, 15) is 19.8 Å². The van der Waals surface area contributed by atoms with Crippen LogP contribution < -0.4 is 5.32 Å². The van der Waals surface area contributed by atoms with Crippen molar-refractivity contribution in [2.45, 2.75) is 18.4 Å². The molecule has 19 heavy (non-hydrogen) atoms. The maximum atomic E-state index is 11.9. The number of carbonyl (C=O) groups is 2. The first-order valence-electron chi connectivity index (χ1n) is 5.92. The zero-order chi connectivity index (χ0) is 13.9. The maximum absolute atomic E-state index is 11.9. The molecule has 1 aliphatic rings. The van der Waals surface area contributed by atoms with Gasteiger partial charge in [0.2, 0.25) is 5.91 Å². The van der Waals surface area contributed by atoms with Crippen molar-refractivity contribution < 1.29 is 19.8 Å².